The molecule has 1 amide bonds. The lowest BCUT2D eigenvalue weighted by Crippen LogP contribution is -2.30. The quantitative estimate of drug-likeness (QED) is 0.864. The second-order valence-corrected chi connectivity index (χ2v) is 4.91. The molecule has 1 N–H and O–H groups in total. The van der Waals surface area contributed by atoms with E-state index in [9.17, 15) is 9.59 Å². The average molecular weight is 261 g/mol. The number of rotatable bonds is 5. The highest BCUT2D eigenvalue weighted by Crippen LogP contribution is 2.29. The van der Waals surface area contributed by atoms with E-state index in [4.69, 9.17) is 9.47 Å². The molecule has 1 aliphatic heterocycles. The zero-order chi connectivity index (χ0) is 13.2. The molecular formula is C14H15NO4. The fourth-order valence-electron chi connectivity index (χ4n) is 1.94. The summed E-state index contributed by atoms with van der Waals surface area (Å²) in [5.74, 6) is 1.58. The first kappa shape index (κ1) is 12.0. The fraction of sp³-hybridized carbons (Fsp3) is 0.429. The zero-order valence-corrected chi connectivity index (χ0v) is 10.5. The highest BCUT2D eigenvalue weighted by molar-refractivity contribution is 6.02. The van der Waals surface area contributed by atoms with Gasteiger partial charge >= 0.3 is 0 Å². The minimum Gasteiger partial charge on any atom is -0.485 e. The summed E-state index contributed by atoms with van der Waals surface area (Å²) in [5, 5.41) is 2.82. The molecule has 0 aromatic heterocycles. The van der Waals surface area contributed by atoms with Crippen molar-refractivity contribution in [2.24, 2.45) is 5.92 Å². The van der Waals surface area contributed by atoms with Gasteiger partial charge < -0.3 is 14.8 Å². The van der Waals surface area contributed by atoms with Gasteiger partial charge in [-0.25, -0.2) is 0 Å². The van der Waals surface area contributed by atoms with Crippen LogP contribution in [-0.2, 0) is 4.79 Å². The maximum atomic E-state index is 11.5. The van der Waals surface area contributed by atoms with Gasteiger partial charge in [-0.05, 0) is 30.9 Å². The highest BCUT2D eigenvalue weighted by atomic mass is 16.5. The van der Waals surface area contributed by atoms with E-state index in [-0.39, 0.29) is 24.9 Å². The molecule has 3 rings (SSSR count). The Labute approximate surface area is 110 Å². The molecule has 0 saturated heterocycles. The summed E-state index contributed by atoms with van der Waals surface area (Å²) in [6, 6.07) is 5.00. The molecule has 1 fully saturated rings. The van der Waals surface area contributed by atoms with Gasteiger partial charge in [0.2, 0.25) is 5.78 Å². The van der Waals surface area contributed by atoms with Gasteiger partial charge in [0.05, 0.1) is 5.56 Å². The Kier molecular flexibility index (Phi) is 3.11. The van der Waals surface area contributed by atoms with Gasteiger partial charge in [-0.1, -0.05) is 0 Å². The zero-order valence-electron chi connectivity index (χ0n) is 10.5. The van der Waals surface area contributed by atoms with E-state index < -0.39 is 0 Å². The lowest BCUT2D eigenvalue weighted by molar-refractivity contribution is -0.123. The van der Waals surface area contributed by atoms with Gasteiger partial charge in [0.1, 0.15) is 11.5 Å². The number of Topliss-reactive ketones (excluding diaryl/α,β-unsaturated/α-hetero) is 1. The van der Waals surface area contributed by atoms with Crippen molar-refractivity contribution in [3.05, 3.63) is 23.8 Å². The summed E-state index contributed by atoms with van der Waals surface area (Å²) in [5.41, 5.74) is 0.575. The van der Waals surface area contributed by atoms with Crippen LogP contribution in [-0.4, -0.2) is 31.4 Å². The normalized spacial score (nSPS) is 16.7. The molecule has 1 aromatic rings. The van der Waals surface area contributed by atoms with Crippen LogP contribution in [0.15, 0.2) is 18.2 Å². The van der Waals surface area contributed by atoms with Crippen molar-refractivity contribution < 1.29 is 19.1 Å². The Morgan fingerprint density at radius 3 is 3.05 bits per heavy atom. The lowest BCUT2D eigenvalue weighted by Gasteiger charge is -2.07. The Bertz CT molecular complexity index is 522. The number of ketones is 1. The molecule has 2 aliphatic rings. The molecule has 1 heterocycles. The third kappa shape index (κ3) is 2.86. The van der Waals surface area contributed by atoms with E-state index >= 15 is 0 Å². The van der Waals surface area contributed by atoms with Crippen LogP contribution in [0.4, 0.5) is 0 Å². The van der Waals surface area contributed by atoms with Crippen LogP contribution in [0, 0.1) is 5.92 Å². The third-order valence-electron chi connectivity index (χ3n) is 3.27. The number of carbonyl (C=O) groups is 2. The Balaban J connectivity index is 1.52. The summed E-state index contributed by atoms with van der Waals surface area (Å²) >= 11 is 0. The third-order valence-corrected chi connectivity index (χ3v) is 3.27. The second kappa shape index (κ2) is 4.91. The Hall–Kier alpha value is -2.04. The number of ether oxygens (including phenoxy) is 2. The molecule has 0 bridgehead atoms. The molecule has 0 radical (unpaired) electrons. The first-order valence-electron chi connectivity index (χ1n) is 6.42. The molecule has 1 aliphatic carbocycles. The average Bonchev–Trinajstić information content (AvgIpc) is 3.18. The highest BCUT2D eigenvalue weighted by Gasteiger charge is 2.22. The summed E-state index contributed by atoms with van der Waals surface area (Å²) in [7, 11) is 0. The van der Waals surface area contributed by atoms with Gasteiger partial charge in [0, 0.05) is 12.6 Å². The topological polar surface area (TPSA) is 64.6 Å². The van der Waals surface area contributed by atoms with Gasteiger partial charge in [-0.15, -0.1) is 0 Å². The number of nitrogens with one attached hydrogen (secondary N) is 1. The molecule has 5 heteroatoms. The van der Waals surface area contributed by atoms with Gasteiger partial charge in [0.15, 0.2) is 13.2 Å². The van der Waals surface area contributed by atoms with Gasteiger partial charge in [-0.2, -0.15) is 0 Å². The van der Waals surface area contributed by atoms with Crippen LogP contribution in [0.2, 0.25) is 0 Å². The number of hydrogen-bond acceptors (Lipinski definition) is 4. The summed E-state index contributed by atoms with van der Waals surface area (Å²) in [4.78, 5) is 22.9. The minimum atomic E-state index is -0.121. The Morgan fingerprint density at radius 1 is 1.42 bits per heavy atom. The van der Waals surface area contributed by atoms with Crippen LogP contribution in [0.1, 0.15) is 23.2 Å². The summed E-state index contributed by atoms with van der Waals surface area (Å²) in [6.07, 6.45) is 2.41. The standard InChI is InChI=1S/C14H15NO4/c16-12-7-19-13-5-10(3-4-11(12)13)18-8-14(17)15-6-9-1-2-9/h3-5,9H,1-2,6-8H2,(H,15,17). The second-order valence-electron chi connectivity index (χ2n) is 4.91. The van der Waals surface area contributed by atoms with Crippen molar-refractivity contribution in [3.63, 3.8) is 0 Å². The molecule has 0 spiro atoms. The summed E-state index contributed by atoms with van der Waals surface area (Å²) < 4.78 is 10.6. The predicted molar refractivity (Wildman–Crippen MR) is 67.5 cm³/mol. The number of carbonyl (C=O) groups excluding carboxylic acids is 2. The van der Waals surface area contributed by atoms with Crippen molar-refractivity contribution in [2.45, 2.75) is 12.8 Å². The lowest BCUT2D eigenvalue weighted by atomic mass is 10.1. The first-order valence-corrected chi connectivity index (χ1v) is 6.42. The molecule has 100 valence electrons. The summed E-state index contributed by atoms with van der Waals surface area (Å²) in [6.45, 7) is 0.810. The SMILES string of the molecule is O=C(COc1ccc2c(c1)OCC2=O)NCC1CC1. The van der Waals surface area contributed by atoms with Gasteiger partial charge in [-0.3, -0.25) is 9.59 Å². The molecule has 0 atom stereocenters. The molecular weight excluding hydrogens is 246 g/mol. The van der Waals surface area contributed by atoms with E-state index in [1.54, 1.807) is 18.2 Å². The predicted octanol–water partition coefficient (Wildman–Crippen LogP) is 1.17. The Morgan fingerprint density at radius 2 is 2.26 bits per heavy atom. The van der Waals surface area contributed by atoms with E-state index in [1.807, 2.05) is 0 Å². The van der Waals surface area contributed by atoms with Crippen LogP contribution >= 0.6 is 0 Å². The van der Waals surface area contributed by atoms with Crippen molar-refractivity contribution in [2.75, 3.05) is 19.8 Å². The van der Waals surface area contributed by atoms with Crippen molar-refractivity contribution in [1.29, 1.82) is 0 Å². The number of benzene rings is 1. The molecule has 19 heavy (non-hydrogen) atoms. The smallest absolute Gasteiger partial charge is 0.257 e. The van der Waals surface area contributed by atoms with Crippen molar-refractivity contribution in [1.82, 2.24) is 5.32 Å². The number of fused-ring (bicyclic) bond motifs is 1. The number of amides is 1. The first-order chi connectivity index (χ1) is 9.22. The van der Waals surface area contributed by atoms with E-state index in [0.29, 0.717) is 23.0 Å². The van der Waals surface area contributed by atoms with Crippen LogP contribution < -0.4 is 14.8 Å². The van der Waals surface area contributed by atoms with Crippen LogP contribution in [0.25, 0.3) is 0 Å². The maximum Gasteiger partial charge on any atom is 0.257 e. The number of hydrogen-bond donors (Lipinski definition) is 1. The van der Waals surface area contributed by atoms with Gasteiger partial charge in [0.25, 0.3) is 5.91 Å². The molecule has 5 nitrogen and oxygen atoms in total. The van der Waals surface area contributed by atoms with Crippen LogP contribution in [0.5, 0.6) is 11.5 Å². The molecule has 0 unspecified atom stereocenters. The minimum absolute atomic E-state index is 0.0144. The van der Waals surface area contributed by atoms with E-state index in [1.165, 1.54) is 12.8 Å². The van der Waals surface area contributed by atoms with Crippen molar-refractivity contribution in [3.8, 4) is 11.5 Å². The molecule has 1 aromatic carbocycles. The fourth-order valence-corrected chi connectivity index (χ4v) is 1.94. The monoisotopic (exact) mass is 261 g/mol. The maximum absolute atomic E-state index is 11.5. The van der Waals surface area contributed by atoms with Crippen molar-refractivity contribution >= 4 is 11.7 Å². The molecule has 1 saturated carbocycles. The largest absolute Gasteiger partial charge is 0.485 e. The van der Waals surface area contributed by atoms with Crippen LogP contribution in [0.3, 0.4) is 0 Å². The van der Waals surface area contributed by atoms with E-state index in [0.717, 1.165) is 6.54 Å². The van der Waals surface area contributed by atoms with E-state index in [2.05, 4.69) is 5.32 Å².